The van der Waals surface area contributed by atoms with Crippen LogP contribution in [0, 0.1) is 10.1 Å². The Labute approximate surface area is 145 Å². The van der Waals surface area contributed by atoms with Crippen molar-refractivity contribution >= 4 is 5.91 Å². The summed E-state index contributed by atoms with van der Waals surface area (Å²) >= 11 is 0. The van der Waals surface area contributed by atoms with E-state index in [1.165, 1.54) is 0 Å². The summed E-state index contributed by atoms with van der Waals surface area (Å²) in [4.78, 5) is 28.3. The molecule has 2 aliphatic heterocycles. The molecule has 1 aromatic rings. The summed E-state index contributed by atoms with van der Waals surface area (Å²) in [6, 6.07) is -2.48. The van der Waals surface area contributed by atoms with Crippen LogP contribution in [0.3, 0.4) is 0 Å². The first-order chi connectivity index (χ1) is 12.0. The van der Waals surface area contributed by atoms with Gasteiger partial charge in [0.15, 0.2) is 11.9 Å². The second-order valence-electron chi connectivity index (χ2n) is 6.60. The molecule has 1 saturated heterocycles. The lowest BCUT2D eigenvalue weighted by Crippen LogP contribution is -2.51. The van der Waals surface area contributed by atoms with Crippen LogP contribution in [0.2, 0.25) is 0 Å². The number of aryl methyl sites for hydroxylation is 2. The summed E-state index contributed by atoms with van der Waals surface area (Å²) in [6.07, 6.45) is 3.83. The fourth-order valence-electron chi connectivity index (χ4n) is 3.59. The number of hydrogen-bond acceptors (Lipinski definition) is 7. The Hall–Kier alpha value is -2.07. The van der Waals surface area contributed by atoms with Crippen molar-refractivity contribution < 1.29 is 9.72 Å². The van der Waals surface area contributed by atoms with E-state index >= 15 is 0 Å². The summed E-state index contributed by atoms with van der Waals surface area (Å²) in [5.74, 6) is 1.13. The quantitative estimate of drug-likeness (QED) is 0.489. The van der Waals surface area contributed by atoms with Gasteiger partial charge in [0.2, 0.25) is 5.91 Å². The summed E-state index contributed by atoms with van der Waals surface area (Å²) in [5, 5.41) is 18.8. The van der Waals surface area contributed by atoms with Gasteiger partial charge in [0.25, 0.3) is 6.04 Å². The Kier molecular flexibility index (Phi) is 5.28. The zero-order valence-corrected chi connectivity index (χ0v) is 14.6. The first kappa shape index (κ1) is 17.7. The SMILES string of the molecule is CCCC1NNC(C(=O)NC2CCCn3nc(CC)nc32)C1[N+](=O)[O-]. The molecule has 138 valence electrons. The van der Waals surface area contributed by atoms with Gasteiger partial charge in [-0.3, -0.25) is 14.9 Å². The van der Waals surface area contributed by atoms with Crippen molar-refractivity contribution in [1.82, 2.24) is 30.9 Å². The molecule has 0 saturated carbocycles. The highest BCUT2D eigenvalue weighted by atomic mass is 16.6. The van der Waals surface area contributed by atoms with E-state index in [1.54, 1.807) is 0 Å². The fourth-order valence-corrected chi connectivity index (χ4v) is 3.59. The number of nitrogens with zero attached hydrogens (tertiary/aromatic N) is 4. The molecule has 0 radical (unpaired) electrons. The van der Waals surface area contributed by atoms with Gasteiger partial charge in [-0.25, -0.2) is 20.5 Å². The summed E-state index contributed by atoms with van der Waals surface area (Å²) in [7, 11) is 0. The zero-order chi connectivity index (χ0) is 18.0. The molecule has 0 spiro atoms. The minimum atomic E-state index is -0.979. The largest absolute Gasteiger partial charge is 0.344 e. The van der Waals surface area contributed by atoms with Gasteiger partial charge in [0.1, 0.15) is 5.82 Å². The van der Waals surface area contributed by atoms with Crippen LogP contribution in [0.15, 0.2) is 0 Å². The number of hydrazine groups is 1. The van der Waals surface area contributed by atoms with Gasteiger partial charge < -0.3 is 5.32 Å². The lowest BCUT2D eigenvalue weighted by Gasteiger charge is -2.24. The van der Waals surface area contributed by atoms with Crippen molar-refractivity contribution in [2.24, 2.45) is 0 Å². The molecule has 25 heavy (non-hydrogen) atoms. The van der Waals surface area contributed by atoms with Crippen molar-refractivity contribution in [2.45, 2.75) is 76.7 Å². The number of fused-ring (bicyclic) bond motifs is 1. The van der Waals surface area contributed by atoms with E-state index in [4.69, 9.17) is 0 Å². The molecular formula is C15H25N7O3. The lowest BCUT2D eigenvalue weighted by atomic mass is 9.98. The molecule has 0 aliphatic carbocycles. The Bertz CT molecular complexity index is 647. The minimum absolute atomic E-state index is 0.256. The molecular weight excluding hydrogens is 326 g/mol. The number of carbonyl (C=O) groups excluding carboxylic acids is 1. The summed E-state index contributed by atoms with van der Waals surface area (Å²) < 4.78 is 1.83. The maximum atomic E-state index is 12.7. The molecule has 4 atom stereocenters. The molecule has 1 fully saturated rings. The maximum absolute atomic E-state index is 12.7. The van der Waals surface area contributed by atoms with Gasteiger partial charge in [-0.15, -0.1) is 0 Å². The molecule has 1 amide bonds. The predicted octanol–water partition coefficient (Wildman–Crippen LogP) is 0.0820. The van der Waals surface area contributed by atoms with Crippen LogP contribution in [0.25, 0.3) is 0 Å². The van der Waals surface area contributed by atoms with Gasteiger partial charge in [0.05, 0.1) is 12.1 Å². The number of nitro groups is 1. The highest BCUT2D eigenvalue weighted by molar-refractivity contribution is 5.83. The second kappa shape index (κ2) is 7.44. The van der Waals surface area contributed by atoms with Crippen LogP contribution in [0.5, 0.6) is 0 Å². The molecule has 2 aliphatic rings. The first-order valence-corrected chi connectivity index (χ1v) is 8.93. The molecule has 4 unspecified atom stereocenters. The molecule has 3 N–H and O–H groups in total. The monoisotopic (exact) mass is 351 g/mol. The van der Waals surface area contributed by atoms with Crippen LogP contribution in [-0.2, 0) is 17.8 Å². The standard InChI is InChI=1S/C15H25N7O3/c1-3-6-9-13(22(24)25)12(19-18-9)15(23)16-10-7-5-8-21-14(10)17-11(4-2)20-21/h9-10,12-13,18-19H,3-8H2,1-2H3,(H,16,23). The van der Waals surface area contributed by atoms with Crippen LogP contribution < -0.4 is 16.2 Å². The molecule has 1 aromatic heterocycles. The van der Waals surface area contributed by atoms with E-state index in [0.29, 0.717) is 6.42 Å². The molecule has 3 rings (SSSR count). The summed E-state index contributed by atoms with van der Waals surface area (Å²) in [5.41, 5.74) is 5.71. The third-order valence-corrected chi connectivity index (χ3v) is 4.85. The highest BCUT2D eigenvalue weighted by Gasteiger charge is 2.48. The molecule has 3 heterocycles. The van der Waals surface area contributed by atoms with E-state index < -0.39 is 12.1 Å². The number of amides is 1. The normalized spacial score (nSPS) is 28.6. The first-order valence-electron chi connectivity index (χ1n) is 8.93. The van der Waals surface area contributed by atoms with Gasteiger partial charge >= 0.3 is 0 Å². The van der Waals surface area contributed by atoms with Crippen LogP contribution in [-0.4, -0.2) is 43.7 Å². The van der Waals surface area contributed by atoms with Gasteiger partial charge in [-0.2, -0.15) is 5.10 Å². The predicted molar refractivity (Wildman–Crippen MR) is 89.1 cm³/mol. The van der Waals surface area contributed by atoms with Crippen molar-refractivity contribution in [3.8, 4) is 0 Å². The smallest absolute Gasteiger partial charge is 0.254 e. The van der Waals surface area contributed by atoms with E-state index in [1.807, 2.05) is 18.5 Å². The average Bonchev–Trinajstić information content (AvgIpc) is 3.19. The Morgan fingerprint density at radius 2 is 2.24 bits per heavy atom. The Morgan fingerprint density at radius 3 is 2.92 bits per heavy atom. The number of hydrogen-bond donors (Lipinski definition) is 3. The maximum Gasteiger partial charge on any atom is 0.254 e. The van der Waals surface area contributed by atoms with Gasteiger partial charge in [0, 0.05) is 17.9 Å². The van der Waals surface area contributed by atoms with Gasteiger partial charge in [-0.1, -0.05) is 20.3 Å². The fraction of sp³-hybridized carbons (Fsp3) is 0.800. The van der Waals surface area contributed by atoms with Crippen molar-refractivity contribution in [1.29, 1.82) is 0 Å². The number of nitrogens with one attached hydrogen (secondary N) is 3. The second-order valence-corrected chi connectivity index (χ2v) is 6.60. The van der Waals surface area contributed by atoms with Crippen molar-refractivity contribution in [2.75, 3.05) is 0 Å². The molecule has 0 bridgehead atoms. The zero-order valence-electron chi connectivity index (χ0n) is 14.6. The minimum Gasteiger partial charge on any atom is -0.344 e. The topological polar surface area (TPSA) is 127 Å². The molecule has 0 aromatic carbocycles. The number of aromatic nitrogens is 3. The van der Waals surface area contributed by atoms with Gasteiger partial charge in [-0.05, 0) is 19.3 Å². The van der Waals surface area contributed by atoms with Crippen LogP contribution in [0.1, 0.15) is 57.2 Å². The number of rotatable bonds is 6. The van der Waals surface area contributed by atoms with E-state index in [-0.39, 0.29) is 22.9 Å². The summed E-state index contributed by atoms with van der Waals surface area (Å²) in [6.45, 7) is 4.74. The van der Waals surface area contributed by atoms with E-state index in [9.17, 15) is 14.9 Å². The van der Waals surface area contributed by atoms with E-state index in [0.717, 1.165) is 43.9 Å². The Balaban J connectivity index is 1.72. The number of carbonyl (C=O) groups is 1. The molecule has 10 heteroatoms. The van der Waals surface area contributed by atoms with E-state index in [2.05, 4.69) is 26.3 Å². The molecule has 10 nitrogen and oxygen atoms in total. The highest BCUT2D eigenvalue weighted by Crippen LogP contribution is 2.24. The Morgan fingerprint density at radius 1 is 1.44 bits per heavy atom. The third kappa shape index (κ3) is 3.49. The van der Waals surface area contributed by atoms with Crippen LogP contribution in [0.4, 0.5) is 0 Å². The van der Waals surface area contributed by atoms with Crippen molar-refractivity contribution in [3.63, 3.8) is 0 Å². The van der Waals surface area contributed by atoms with Crippen LogP contribution >= 0.6 is 0 Å². The lowest BCUT2D eigenvalue weighted by molar-refractivity contribution is -0.523. The average molecular weight is 351 g/mol. The third-order valence-electron chi connectivity index (χ3n) is 4.85. The van der Waals surface area contributed by atoms with Crippen molar-refractivity contribution in [3.05, 3.63) is 21.8 Å².